The molecule has 1 aromatic carbocycles. The van der Waals surface area contributed by atoms with E-state index in [0.29, 0.717) is 5.92 Å². The molecular formula is C33H55N3. The van der Waals surface area contributed by atoms with E-state index in [-0.39, 0.29) is 0 Å². The molecule has 0 bridgehead atoms. The normalized spacial score (nSPS) is 10.1. The number of benzene rings is 1. The van der Waals surface area contributed by atoms with E-state index >= 15 is 0 Å². The van der Waals surface area contributed by atoms with Gasteiger partial charge in [0.05, 0.1) is 0 Å². The third-order valence-electron chi connectivity index (χ3n) is 5.29. The Morgan fingerprint density at radius 2 is 1.72 bits per heavy atom. The average Bonchev–Trinajstić information content (AvgIpc) is 2.86. The predicted molar refractivity (Wildman–Crippen MR) is 165 cm³/mol. The fourth-order valence-corrected chi connectivity index (χ4v) is 3.45. The van der Waals surface area contributed by atoms with Gasteiger partial charge < -0.3 is 5.32 Å². The summed E-state index contributed by atoms with van der Waals surface area (Å²) in [6.07, 6.45) is 12.1. The van der Waals surface area contributed by atoms with Crippen molar-refractivity contribution in [1.82, 2.24) is 10.3 Å². The molecule has 3 nitrogen and oxygen atoms in total. The number of allylic oxidation sites excluding steroid dienone is 2. The molecule has 36 heavy (non-hydrogen) atoms. The number of amidine groups is 1. The standard InChI is InChI=1S/C14H21N3.C14H22.C3H6.C2H6/c1-10(2)13(12-7-6-8-16-9-12)17-14(15-5)11(3)4;1-4-5-6-7-8-14-10-9-12(2)11-13(14)3;1-3-2;1-2/h6-9,11H,1-5H3,(H,15,17);9-11H,4-8H2,1-3H3;3H,1H2,2H3;1-2H3. The monoisotopic (exact) mass is 493 g/mol. The zero-order chi connectivity index (χ0) is 27.9. The topological polar surface area (TPSA) is 37.3 Å². The number of hydrogen-bond acceptors (Lipinski definition) is 2. The molecule has 0 fully saturated rings. The molecule has 0 aliphatic carbocycles. The maximum atomic E-state index is 4.29. The summed E-state index contributed by atoms with van der Waals surface area (Å²) in [5, 5.41) is 3.41. The van der Waals surface area contributed by atoms with Gasteiger partial charge in [0, 0.05) is 36.6 Å². The van der Waals surface area contributed by atoms with Gasteiger partial charge in [-0.25, -0.2) is 0 Å². The zero-order valence-corrected chi connectivity index (χ0v) is 25.3. The number of aliphatic imine (C=N–C) groups is 1. The summed E-state index contributed by atoms with van der Waals surface area (Å²) in [5.74, 6) is 1.37. The minimum Gasteiger partial charge on any atom is -0.343 e. The molecule has 1 aromatic heterocycles. The first-order chi connectivity index (χ1) is 17.2. The Balaban J connectivity index is 0. The number of unbranched alkanes of at least 4 members (excludes halogenated alkanes) is 3. The lowest BCUT2D eigenvalue weighted by atomic mass is 10.00. The maximum absolute atomic E-state index is 4.29. The van der Waals surface area contributed by atoms with Crippen LogP contribution in [0.15, 0.2) is 65.9 Å². The first-order valence-corrected chi connectivity index (χ1v) is 13.7. The highest BCUT2D eigenvalue weighted by Gasteiger charge is 2.09. The van der Waals surface area contributed by atoms with Gasteiger partial charge in [-0.1, -0.05) is 89.3 Å². The minimum atomic E-state index is 0.381. The molecule has 0 saturated carbocycles. The van der Waals surface area contributed by atoms with Crippen molar-refractivity contribution in [3.05, 3.63) is 83.2 Å². The van der Waals surface area contributed by atoms with Crippen LogP contribution >= 0.6 is 0 Å². The van der Waals surface area contributed by atoms with E-state index in [0.717, 1.165) is 17.1 Å². The van der Waals surface area contributed by atoms with Crippen LogP contribution in [0.4, 0.5) is 0 Å². The molecule has 0 aliphatic rings. The number of hydrogen-bond donors (Lipinski definition) is 1. The Bertz CT molecular complexity index is 873. The molecule has 0 unspecified atom stereocenters. The van der Waals surface area contributed by atoms with Crippen molar-refractivity contribution >= 4 is 11.5 Å². The number of aryl methyl sites for hydroxylation is 3. The molecule has 1 N–H and O–H groups in total. The molecule has 0 aliphatic heterocycles. The van der Waals surface area contributed by atoms with Gasteiger partial charge in [0.15, 0.2) is 0 Å². The molecule has 202 valence electrons. The SMILES string of the molecule is C=CC.CC.CCCCCCc1ccc(C)cc1C.CN=C(NC(=C(C)C)c1cccnc1)C(C)C. The van der Waals surface area contributed by atoms with Crippen molar-refractivity contribution in [1.29, 1.82) is 0 Å². The zero-order valence-electron chi connectivity index (χ0n) is 25.3. The van der Waals surface area contributed by atoms with Crippen LogP contribution in [-0.2, 0) is 6.42 Å². The second-order valence-electron chi connectivity index (χ2n) is 9.15. The Morgan fingerprint density at radius 3 is 2.17 bits per heavy atom. The smallest absolute Gasteiger partial charge is 0.103 e. The Morgan fingerprint density at radius 1 is 1.08 bits per heavy atom. The Kier molecular flexibility index (Phi) is 22.4. The summed E-state index contributed by atoms with van der Waals surface area (Å²) in [6.45, 7) is 24.3. The quantitative estimate of drug-likeness (QED) is 0.172. The summed E-state index contributed by atoms with van der Waals surface area (Å²) in [6, 6.07) is 10.8. The van der Waals surface area contributed by atoms with Crippen LogP contribution in [0.5, 0.6) is 0 Å². The number of aromatic nitrogens is 1. The Hall–Kier alpha value is -2.68. The number of nitrogens with one attached hydrogen (secondary N) is 1. The van der Waals surface area contributed by atoms with Gasteiger partial charge in [-0.15, -0.1) is 6.58 Å². The van der Waals surface area contributed by atoms with Gasteiger partial charge in [-0.2, -0.15) is 0 Å². The lowest BCUT2D eigenvalue weighted by molar-refractivity contribution is 0.665. The van der Waals surface area contributed by atoms with Crippen molar-refractivity contribution in [2.45, 2.75) is 101 Å². The molecule has 0 spiro atoms. The lowest BCUT2D eigenvalue weighted by Gasteiger charge is -2.17. The van der Waals surface area contributed by atoms with Crippen LogP contribution in [-0.4, -0.2) is 17.9 Å². The van der Waals surface area contributed by atoms with E-state index in [2.05, 4.69) is 94.6 Å². The van der Waals surface area contributed by atoms with Crippen molar-refractivity contribution in [2.75, 3.05) is 7.05 Å². The third-order valence-corrected chi connectivity index (χ3v) is 5.29. The van der Waals surface area contributed by atoms with Gasteiger partial charge in [0.25, 0.3) is 0 Å². The molecule has 2 aromatic rings. The van der Waals surface area contributed by atoms with Crippen LogP contribution in [0.3, 0.4) is 0 Å². The van der Waals surface area contributed by atoms with Crippen LogP contribution in [0.2, 0.25) is 0 Å². The average molecular weight is 494 g/mol. The number of nitrogens with zero attached hydrogens (tertiary/aromatic N) is 2. The van der Waals surface area contributed by atoms with Crippen LogP contribution in [0.1, 0.15) is 103 Å². The molecule has 1 heterocycles. The van der Waals surface area contributed by atoms with E-state index in [9.17, 15) is 0 Å². The molecule has 0 atom stereocenters. The predicted octanol–water partition coefficient (Wildman–Crippen LogP) is 9.75. The first kappa shape index (κ1) is 35.5. The maximum Gasteiger partial charge on any atom is 0.103 e. The highest BCUT2D eigenvalue weighted by molar-refractivity contribution is 5.92. The summed E-state index contributed by atoms with van der Waals surface area (Å²) in [5.41, 5.74) is 7.77. The highest BCUT2D eigenvalue weighted by Crippen LogP contribution is 2.16. The highest BCUT2D eigenvalue weighted by atomic mass is 15.0. The fourth-order valence-electron chi connectivity index (χ4n) is 3.45. The van der Waals surface area contributed by atoms with E-state index in [1.165, 1.54) is 54.4 Å². The summed E-state index contributed by atoms with van der Waals surface area (Å²) >= 11 is 0. The molecule has 3 heteroatoms. The van der Waals surface area contributed by atoms with Crippen molar-refractivity contribution in [2.24, 2.45) is 10.9 Å². The summed E-state index contributed by atoms with van der Waals surface area (Å²) in [7, 11) is 1.81. The molecular weight excluding hydrogens is 438 g/mol. The fraction of sp³-hybridized carbons (Fsp3) is 0.515. The van der Waals surface area contributed by atoms with E-state index in [4.69, 9.17) is 0 Å². The van der Waals surface area contributed by atoms with Crippen LogP contribution < -0.4 is 5.32 Å². The van der Waals surface area contributed by atoms with Crippen molar-refractivity contribution < 1.29 is 0 Å². The van der Waals surface area contributed by atoms with E-state index < -0.39 is 0 Å². The second-order valence-corrected chi connectivity index (χ2v) is 9.15. The van der Waals surface area contributed by atoms with E-state index in [1.807, 2.05) is 40.1 Å². The van der Waals surface area contributed by atoms with Crippen molar-refractivity contribution in [3.8, 4) is 0 Å². The number of pyridine rings is 1. The van der Waals surface area contributed by atoms with Gasteiger partial charge in [-0.3, -0.25) is 9.98 Å². The summed E-state index contributed by atoms with van der Waals surface area (Å²) < 4.78 is 0. The number of rotatable bonds is 8. The Labute approximate surface area is 224 Å². The van der Waals surface area contributed by atoms with Gasteiger partial charge in [0.1, 0.15) is 5.84 Å². The first-order valence-electron chi connectivity index (χ1n) is 13.7. The largest absolute Gasteiger partial charge is 0.343 e. The molecule has 0 radical (unpaired) electrons. The minimum absolute atomic E-state index is 0.381. The van der Waals surface area contributed by atoms with Crippen molar-refractivity contribution in [3.63, 3.8) is 0 Å². The van der Waals surface area contributed by atoms with Gasteiger partial charge in [0.2, 0.25) is 0 Å². The molecule has 0 amide bonds. The van der Waals surface area contributed by atoms with Gasteiger partial charge in [-0.05, 0) is 70.7 Å². The second kappa shape index (κ2) is 22.8. The van der Waals surface area contributed by atoms with Gasteiger partial charge >= 0.3 is 0 Å². The van der Waals surface area contributed by atoms with E-state index in [1.54, 1.807) is 12.3 Å². The summed E-state index contributed by atoms with van der Waals surface area (Å²) in [4.78, 5) is 8.44. The van der Waals surface area contributed by atoms with Crippen LogP contribution in [0, 0.1) is 19.8 Å². The lowest BCUT2D eigenvalue weighted by Crippen LogP contribution is -2.27. The third kappa shape index (κ3) is 16.1. The molecule has 2 rings (SSSR count). The van der Waals surface area contributed by atoms with Crippen LogP contribution in [0.25, 0.3) is 5.70 Å². The molecule has 0 saturated heterocycles.